The van der Waals surface area contributed by atoms with Gasteiger partial charge in [0.15, 0.2) is 0 Å². The van der Waals surface area contributed by atoms with E-state index in [1.807, 2.05) is 0 Å². The van der Waals surface area contributed by atoms with E-state index < -0.39 is 0 Å². The number of carbonyl (C=O) groups is 1. The standard InChI is InChI=1S/C16H30N2O/c1-3-6-14-7-5-11-18(12-9-14)16(19)15-8-4-10-17-13(15)2/h13-15,17H,3-12H2,1-2H3. The molecule has 3 atom stereocenters. The van der Waals surface area contributed by atoms with Crippen molar-refractivity contribution in [1.29, 1.82) is 0 Å². The van der Waals surface area contributed by atoms with Crippen molar-refractivity contribution in [2.75, 3.05) is 19.6 Å². The summed E-state index contributed by atoms with van der Waals surface area (Å²) in [6.45, 7) is 7.49. The first-order valence-corrected chi connectivity index (χ1v) is 8.24. The smallest absolute Gasteiger partial charge is 0.227 e. The lowest BCUT2D eigenvalue weighted by atomic mass is 9.90. The predicted octanol–water partition coefficient (Wildman–Crippen LogP) is 2.80. The van der Waals surface area contributed by atoms with Gasteiger partial charge in [-0.3, -0.25) is 4.79 Å². The molecule has 1 amide bonds. The van der Waals surface area contributed by atoms with Crippen LogP contribution in [0, 0.1) is 11.8 Å². The van der Waals surface area contributed by atoms with Gasteiger partial charge in [0.2, 0.25) is 5.91 Å². The van der Waals surface area contributed by atoms with Gasteiger partial charge >= 0.3 is 0 Å². The van der Waals surface area contributed by atoms with E-state index in [4.69, 9.17) is 0 Å². The van der Waals surface area contributed by atoms with E-state index in [-0.39, 0.29) is 5.92 Å². The number of piperidine rings is 1. The van der Waals surface area contributed by atoms with Crippen LogP contribution in [0.5, 0.6) is 0 Å². The lowest BCUT2D eigenvalue weighted by Gasteiger charge is -2.33. The highest BCUT2D eigenvalue weighted by atomic mass is 16.2. The Labute approximate surface area is 118 Å². The second kappa shape index (κ2) is 7.28. The van der Waals surface area contributed by atoms with Gasteiger partial charge in [-0.05, 0) is 51.5 Å². The van der Waals surface area contributed by atoms with Gasteiger partial charge in [0.25, 0.3) is 0 Å². The summed E-state index contributed by atoms with van der Waals surface area (Å²) in [7, 11) is 0. The summed E-state index contributed by atoms with van der Waals surface area (Å²) < 4.78 is 0. The Hall–Kier alpha value is -0.570. The topological polar surface area (TPSA) is 32.3 Å². The van der Waals surface area contributed by atoms with E-state index in [2.05, 4.69) is 24.1 Å². The average molecular weight is 266 g/mol. The zero-order valence-electron chi connectivity index (χ0n) is 12.7. The van der Waals surface area contributed by atoms with Gasteiger partial charge in [0.05, 0.1) is 5.92 Å². The number of carbonyl (C=O) groups excluding carboxylic acids is 1. The summed E-state index contributed by atoms with van der Waals surface area (Å²) in [6.07, 6.45) is 8.57. The molecule has 2 rings (SSSR count). The molecular weight excluding hydrogens is 236 g/mol. The zero-order valence-corrected chi connectivity index (χ0v) is 12.7. The molecule has 0 bridgehead atoms. The molecule has 19 heavy (non-hydrogen) atoms. The molecule has 0 radical (unpaired) electrons. The molecule has 2 saturated heterocycles. The van der Waals surface area contributed by atoms with Crippen molar-refractivity contribution in [2.24, 2.45) is 11.8 Å². The number of hydrogen-bond acceptors (Lipinski definition) is 2. The third-order valence-corrected chi connectivity index (χ3v) is 4.94. The van der Waals surface area contributed by atoms with E-state index in [9.17, 15) is 4.79 Å². The van der Waals surface area contributed by atoms with Gasteiger partial charge in [-0.25, -0.2) is 0 Å². The van der Waals surface area contributed by atoms with Gasteiger partial charge in [-0.1, -0.05) is 19.8 Å². The van der Waals surface area contributed by atoms with Crippen LogP contribution >= 0.6 is 0 Å². The molecular formula is C16H30N2O. The van der Waals surface area contributed by atoms with Gasteiger partial charge in [-0.15, -0.1) is 0 Å². The third kappa shape index (κ3) is 3.95. The molecule has 3 unspecified atom stereocenters. The first-order chi connectivity index (χ1) is 9.22. The highest BCUT2D eigenvalue weighted by molar-refractivity contribution is 5.79. The zero-order chi connectivity index (χ0) is 13.7. The molecule has 0 aromatic rings. The molecule has 2 aliphatic rings. The Morgan fingerprint density at radius 1 is 1.21 bits per heavy atom. The van der Waals surface area contributed by atoms with Crippen LogP contribution in [0.3, 0.4) is 0 Å². The van der Waals surface area contributed by atoms with Crippen LogP contribution < -0.4 is 5.32 Å². The van der Waals surface area contributed by atoms with E-state index in [0.29, 0.717) is 11.9 Å². The molecule has 3 heteroatoms. The highest BCUT2D eigenvalue weighted by Gasteiger charge is 2.31. The highest BCUT2D eigenvalue weighted by Crippen LogP contribution is 2.25. The number of hydrogen-bond donors (Lipinski definition) is 1. The molecule has 2 heterocycles. The van der Waals surface area contributed by atoms with Gasteiger partial charge in [-0.2, -0.15) is 0 Å². The Bertz CT molecular complexity index is 292. The molecule has 0 aromatic carbocycles. The molecule has 0 spiro atoms. The summed E-state index contributed by atoms with van der Waals surface area (Å²) >= 11 is 0. The summed E-state index contributed by atoms with van der Waals surface area (Å²) in [6, 6.07) is 0.357. The van der Waals surface area contributed by atoms with Crippen LogP contribution in [0.4, 0.5) is 0 Å². The van der Waals surface area contributed by atoms with Crippen molar-refractivity contribution in [3.63, 3.8) is 0 Å². The molecule has 1 N–H and O–H groups in total. The van der Waals surface area contributed by atoms with Crippen LogP contribution in [0.25, 0.3) is 0 Å². The van der Waals surface area contributed by atoms with E-state index >= 15 is 0 Å². The fourth-order valence-corrected chi connectivity index (χ4v) is 3.70. The molecule has 2 aliphatic heterocycles. The summed E-state index contributed by atoms with van der Waals surface area (Å²) in [4.78, 5) is 14.8. The molecule has 2 fully saturated rings. The normalized spacial score (nSPS) is 32.9. The Morgan fingerprint density at radius 2 is 2.05 bits per heavy atom. The summed E-state index contributed by atoms with van der Waals surface area (Å²) in [5.74, 6) is 1.48. The lowest BCUT2D eigenvalue weighted by Crippen LogP contribution is -2.48. The van der Waals surface area contributed by atoms with Crippen molar-refractivity contribution in [3.8, 4) is 0 Å². The van der Waals surface area contributed by atoms with Crippen molar-refractivity contribution < 1.29 is 4.79 Å². The molecule has 110 valence electrons. The maximum Gasteiger partial charge on any atom is 0.227 e. The molecule has 3 nitrogen and oxygen atoms in total. The number of rotatable bonds is 3. The Balaban J connectivity index is 1.88. The maximum atomic E-state index is 12.7. The third-order valence-electron chi connectivity index (χ3n) is 4.94. The largest absolute Gasteiger partial charge is 0.342 e. The maximum absolute atomic E-state index is 12.7. The fraction of sp³-hybridized carbons (Fsp3) is 0.938. The molecule has 0 saturated carbocycles. The van der Waals surface area contributed by atoms with E-state index in [0.717, 1.165) is 38.4 Å². The second-order valence-corrected chi connectivity index (χ2v) is 6.40. The van der Waals surface area contributed by atoms with Crippen LogP contribution in [0.1, 0.15) is 58.8 Å². The molecule has 0 aliphatic carbocycles. The van der Waals surface area contributed by atoms with Crippen LogP contribution in [-0.4, -0.2) is 36.5 Å². The van der Waals surface area contributed by atoms with Gasteiger partial charge < -0.3 is 10.2 Å². The number of nitrogens with one attached hydrogen (secondary N) is 1. The predicted molar refractivity (Wildman–Crippen MR) is 79.0 cm³/mol. The molecule has 0 aromatic heterocycles. The first-order valence-electron chi connectivity index (χ1n) is 8.24. The first kappa shape index (κ1) is 14.8. The van der Waals surface area contributed by atoms with Crippen molar-refractivity contribution in [3.05, 3.63) is 0 Å². The fourth-order valence-electron chi connectivity index (χ4n) is 3.70. The lowest BCUT2D eigenvalue weighted by molar-refractivity contribution is -0.137. The quantitative estimate of drug-likeness (QED) is 0.852. The van der Waals surface area contributed by atoms with Gasteiger partial charge in [0, 0.05) is 19.1 Å². The monoisotopic (exact) mass is 266 g/mol. The van der Waals surface area contributed by atoms with Crippen LogP contribution in [-0.2, 0) is 4.79 Å². The number of amides is 1. The Morgan fingerprint density at radius 3 is 2.79 bits per heavy atom. The average Bonchev–Trinajstić information content (AvgIpc) is 2.65. The van der Waals surface area contributed by atoms with Crippen LogP contribution in [0.2, 0.25) is 0 Å². The van der Waals surface area contributed by atoms with Crippen molar-refractivity contribution in [2.45, 2.75) is 64.8 Å². The van der Waals surface area contributed by atoms with Crippen molar-refractivity contribution in [1.82, 2.24) is 10.2 Å². The summed E-state index contributed by atoms with van der Waals surface area (Å²) in [5, 5.41) is 3.45. The number of nitrogens with zero attached hydrogens (tertiary/aromatic N) is 1. The summed E-state index contributed by atoms with van der Waals surface area (Å²) in [5.41, 5.74) is 0. The van der Waals surface area contributed by atoms with Gasteiger partial charge in [0.1, 0.15) is 0 Å². The van der Waals surface area contributed by atoms with Crippen LogP contribution in [0.15, 0.2) is 0 Å². The Kier molecular flexibility index (Phi) is 5.68. The van der Waals surface area contributed by atoms with E-state index in [1.54, 1.807) is 0 Å². The van der Waals surface area contributed by atoms with Crippen molar-refractivity contribution >= 4 is 5.91 Å². The number of likely N-dealkylation sites (tertiary alicyclic amines) is 1. The second-order valence-electron chi connectivity index (χ2n) is 6.40. The minimum atomic E-state index is 0.219. The minimum absolute atomic E-state index is 0.219. The SMILES string of the molecule is CCCC1CCCN(C(=O)C2CCCNC2C)CC1. The van der Waals surface area contributed by atoms with E-state index in [1.165, 1.54) is 32.1 Å². The minimum Gasteiger partial charge on any atom is -0.342 e.